The molecule has 0 aliphatic rings. The molecular formula is C14H18ClN5O. The van der Waals surface area contributed by atoms with Crippen molar-refractivity contribution in [3.05, 3.63) is 51.7 Å². The van der Waals surface area contributed by atoms with Gasteiger partial charge in [0.1, 0.15) is 5.02 Å². The van der Waals surface area contributed by atoms with E-state index in [-0.39, 0.29) is 10.6 Å². The fourth-order valence-corrected chi connectivity index (χ4v) is 1.94. The smallest absolute Gasteiger partial charge is 0.287 e. The molecule has 112 valence electrons. The molecule has 0 fully saturated rings. The third-order valence-electron chi connectivity index (χ3n) is 2.93. The van der Waals surface area contributed by atoms with Crippen LogP contribution in [0.3, 0.4) is 0 Å². The summed E-state index contributed by atoms with van der Waals surface area (Å²) in [5.41, 5.74) is 1.10. The monoisotopic (exact) mass is 307 g/mol. The predicted octanol–water partition coefficient (Wildman–Crippen LogP) is 1.47. The summed E-state index contributed by atoms with van der Waals surface area (Å²) >= 11 is 6.11. The van der Waals surface area contributed by atoms with Crippen molar-refractivity contribution in [2.45, 2.75) is 13.1 Å². The molecule has 0 bridgehead atoms. The number of hydrogen-bond acceptors (Lipinski definition) is 5. The van der Waals surface area contributed by atoms with Crippen molar-refractivity contribution in [2.24, 2.45) is 0 Å². The Kier molecular flexibility index (Phi) is 5.30. The summed E-state index contributed by atoms with van der Waals surface area (Å²) in [6.07, 6.45) is 3.29. The molecule has 0 saturated heterocycles. The second kappa shape index (κ2) is 7.19. The van der Waals surface area contributed by atoms with Gasteiger partial charge in [0.25, 0.3) is 5.56 Å². The molecule has 0 amide bonds. The summed E-state index contributed by atoms with van der Waals surface area (Å²) in [6.45, 7) is 1.72. The Morgan fingerprint density at radius 2 is 2.19 bits per heavy atom. The molecule has 0 aliphatic carbocycles. The van der Waals surface area contributed by atoms with Crippen LogP contribution in [0.4, 0.5) is 5.69 Å². The molecule has 2 rings (SSSR count). The van der Waals surface area contributed by atoms with Crippen molar-refractivity contribution in [3.63, 3.8) is 0 Å². The molecule has 0 atom stereocenters. The molecule has 21 heavy (non-hydrogen) atoms. The molecule has 0 aliphatic heterocycles. The van der Waals surface area contributed by atoms with E-state index in [9.17, 15) is 4.79 Å². The predicted molar refractivity (Wildman–Crippen MR) is 83.6 cm³/mol. The minimum Gasteiger partial charge on any atom is -0.377 e. The lowest BCUT2D eigenvalue weighted by atomic mass is 10.3. The Bertz CT molecular complexity index is 642. The van der Waals surface area contributed by atoms with E-state index in [1.807, 2.05) is 37.2 Å². The number of halogens is 1. The zero-order valence-electron chi connectivity index (χ0n) is 12.1. The van der Waals surface area contributed by atoms with Gasteiger partial charge in [-0.15, -0.1) is 0 Å². The van der Waals surface area contributed by atoms with Crippen LogP contribution in [0.5, 0.6) is 0 Å². The maximum atomic E-state index is 12.1. The second-order valence-electron chi connectivity index (χ2n) is 4.88. The van der Waals surface area contributed by atoms with Gasteiger partial charge in [0.2, 0.25) is 0 Å². The van der Waals surface area contributed by atoms with Crippen molar-refractivity contribution < 1.29 is 0 Å². The zero-order chi connectivity index (χ0) is 15.2. The van der Waals surface area contributed by atoms with Crippen LogP contribution >= 0.6 is 11.6 Å². The van der Waals surface area contributed by atoms with Gasteiger partial charge in [0, 0.05) is 12.7 Å². The SMILES string of the molecule is CN(C)CCn1ncc(NCc2ccccn2)c(Cl)c1=O. The van der Waals surface area contributed by atoms with Crippen LogP contribution in [0.15, 0.2) is 35.4 Å². The first-order valence-corrected chi connectivity index (χ1v) is 7.00. The Labute approximate surface area is 128 Å². The van der Waals surface area contributed by atoms with Gasteiger partial charge in [0.05, 0.1) is 30.7 Å². The van der Waals surface area contributed by atoms with E-state index in [1.54, 1.807) is 12.4 Å². The van der Waals surface area contributed by atoms with E-state index in [0.717, 1.165) is 12.2 Å². The van der Waals surface area contributed by atoms with Gasteiger partial charge in [-0.25, -0.2) is 4.68 Å². The van der Waals surface area contributed by atoms with E-state index < -0.39 is 0 Å². The first kappa shape index (κ1) is 15.5. The van der Waals surface area contributed by atoms with Gasteiger partial charge < -0.3 is 10.2 Å². The second-order valence-corrected chi connectivity index (χ2v) is 5.26. The Morgan fingerprint density at radius 3 is 2.86 bits per heavy atom. The Hall–Kier alpha value is -1.92. The topological polar surface area (TPSA) is 63.1 Å². The van der Waals surface area contributed by atoms with Crippen molar-refractivity contribution in [3.8, 4) is 0 Å². The maximum Gasteiger partial charge on any atom is 0.287 e. The highest BCUT2D eigenvalue weighted by atomic mass is 35.5. The Morgan fingerprint density at radius 1 is 1.38 bits per heavy atom. The molecule has 1 N–H and O–H groups in total. The number of nitrogens with zero attached hydrogens (tertiary/aromatic N) is 4. The molecule has 0 saturated carbocycles. The quantitative estimate of drug-likeness (QED) is 0.875. The first-order valence-electron chi connectivity index (χ1n) is 6.62. The van der Waals surface area contributed by atoms with E-state index in [1.165, 1.54) is 4.68 Å². The number of anilines is 1. The summed E-state index contributed by atoms with van der Waals surface area (Å²) in [4.78, 5) is 18.3. The summed E-state index contributed by atoms with van der Waals surface area (Å²) in [5, 5.41) is 7.37. The molecule has 2 heterocycles. The first-order chi connectivity index (χ1) is 10.1. The number of pyridine rings is 1. The number of nitrogens with one attached hydrogen (secondary N) is 1. The summed E-state index contributed by atoms with van der Waals surface area (Å²) < 4.78 is 1.37. The normalized spacial score (nSPS) is 10.9. The number of hydrogen-bond donors (Lipinski definition) is 1. The highest BCUT2D eigenvalue weighted by Gasteiger charge is 2.09. The molecule has 0 aromatic carbocycles. The van der Waals surface area contributed by atoms with Crippen LogP contribution in [-0.4, -0.2) is 40.3 Å². The molecular weight excluding hydrogens is 290 g/mol. The van der Waals surface area contributed by atoms with Gasteiger partial charge in [-0.1, -0.05) is 17.7 Å². The van der Waals surface area contributed by atoms with Crippen LogP contribution < -0.4 is 10.9 Å². The zero-order valence-corrected chi connectivity index (χ0v) is 12.8. The molecule has 0 radical (unpaired) electrons. The van der Waals surface area contributed by atoms with Crippen LogP contribution in [0.1, 0.15) is 5.69 Å². The lowest BCUT2D eigenvalue weighted by Gasteiger charge is -2.12. The Balaban J connectivity index is 2.08. The van der Waals surface area contributed by atoms with Crippen molar-refractivity contribution in [2.75, 3.05) is 26.0 Å². The van der Waals surface area contributed by atoms with Crippen molar-refractivity contribution in [1.82, 2.24) is 19.7 Å². The van der Waals surface area contributed by atoms with Crippen LogP contribution in [0, 0.1) is 0 Å². The van der Waals surface area contributed by atoms with Crippen molar-refractivity contribution >= 4 is 17.3 Å². The summed E-state index contributed by atoms with van der Waals surface area (Å²) in [6, 6.07) is 5.65. The van der Waals surface area contributed by atoms with Crippen LogP contribution in [-0.2, 0) is 13.1 Å². The highest BCUT2D eigenvalue weighted by molar-refractivity contribution is 6.32. The van der Waals surface area contributed by atoms with E-state index in [2.05, 4.69) is 15.4 Å². The average Bonchev–Trinajstić information content (AvgIpc) is 2.48. The fraction of sp³-hybridized carbons (Fsp3) is 0.357. The van der Waals surface area contributed by atoms with Gasteiger partial charge in [-0.05, 0) is 26.2 Å². The van der Waals surface area contributed by atoms with E-state index in [4.69, 9.17) is 11.6 Å². The largest absolute Gasteiger partial charge is 0.377 e. The number of likely N-dealkylation sites (N-methyl/N-ethyl adjacent to an activating group) is 1. The minimum atomic E-state index is -0.287. The van der Waals surface area contributed by atoms with Crippen LogP contribution in [0.25, 0.3) is 0 Å². The molecule has 0 unspecified atom stereocenters. The molecule has 0 spiro atoms. The molecule has 6 nitrogen and oxygen atoms in total. The fourth-order valence-electron chi connectivity index (χ4n) is 1.73. The van der Waals surface area contributed by atoms with E-state index in [0.29, 0.717) is 18.8 Å². The van der Waals surface area contributed by atoms with Gasteiger partial charge >= 0.3 is 0 Å². The minimum absolute atomic E-state index is 0.152. The molecule has 2 aromatic rings. The van der Waals surface area contributed by atoms with Crippen molar-refractivity contribution in [1.29, 1.82) is 0 Å². The van der Waals surface area contributed by atoms with Gasteiger partial charge in [-0.2, -0.15) is 5.10 Å². The van der Waals surface area contributed by atoms with Crippen LogP contribution in [0.2, 0.25) is 5.02 Å². The van der Waals surface area contributed by atoms with Gasteiger partial charge in [0.15, 0.2) is 0 Å². The van der Waals surface area contributed by atoms with E-state index >= 15 is 0 Å². The maximum absolute atomic E-state index is 12.1. The lowest BCUT2D eigenvalue weighted by molar-refractivity contribution is 0.367. The third kappa shape index (κ3) is 4.27. The molecule has 7 heteroatoms. The summed E-state index contributed by atoms with van der Waals surface area (Å²) in [7, 11) is 3.88. The highest BCUT2D eigenvalue weighted by Crippen LogP contribution is 2.15. The standard InChI is InChI=1S/C14H18ClN5O/c1-19(2)7-8-20-14(21)13(15)12(10-18-20)17-9-11-5-3-4-6-16-11/h3-6,10,17H,7-9H2,1-2H3. The number of aromatic nitrogens is 3. The third-order valence-corrected chi connectivity index (χ3v) is 3.30. The molecule has 2 aromatic heterocycles. The average molecular weight is 308 g/mol. The summed E-state index contributed by atoms with van der Waals surface area (Å²) in [5.74, 6) is 0. The number of rotatable bonds is 6. The lowest BCUT2D eigenvalue weighted by Crippen LogP contribution is -2.29. The van der Waals surface area contributed by atoms with Gasteiger partial charge in [-0.3, -0.25) is 9.78 Å².